The highest BCUT2D eigenvalue weighted by molar-refractivity contribution is 6.07. The van der Waals surface area contributed by atoms with Gasteiger partial charge in [-0.1, -0.05) is 30.3 Å². The first-order valence-electron chi connectivity index (χ1n) is 13.3. The Morgan fingerprint density at radius 1 is 1.07 bits per heavy atom. The summed E-state index contributed by atoms with van der Waals surface area (Å²) >= 11 is 0. The van der Waals surface area contributed by atoms with Crippen molar-refractivity contribution in [1.29, 1.82) is 0 Å². The number of hydrogen-bond donors (Lipinski definition) is 2. The number of pyridine rings is 1. The van der Waals surface area contributed by atoms with Crippen LogP contribution in [0.5, 0.6) is 5.88 Å². The maximum absolute atomic E-state index is 14.4. The molecule has 0 unspecified atom stereocenters. The van der Waals surface area contributed by atoms with E-state index >= 15 is 0 Å². The van der Waals surface area contributed by atoms with E-state index in [1.165, 1.54) is 27.8 Å². The predicted molar refractivity (Wildman–Crippen MR) is 151 cm³/mol. The van der Waals surface area contributed by atoms with Gasteiger partial charge in [0, 0.05) is 37.5 Å². The van der Waals surface area contributed by atoms with Crippen LogP contribution in [0.3, 0.4) is 0 Å². The van der Waals surface area contributed by atoms with Gasteiger partial charge in [0.15, 0.2) is 5.65 Å². The van der Waals surface area contributed by atoms with Crippen molar-refractivity contribution in [1.82, 2.24) is 24.1 Å². The van der Waals surface area contributed by atoms with Crippen LogP contribution in [0.2, 0.25) is 0 Å². The number of aromatic hydroxyl groups is 1. The van der Waals surface area contributed by atoms with Crippen molar-refractivity contribution in [3.05, 3.63) is 116 Å². The zero-order chi connectivity index (χ0) is 28.7. The summed E-state index contributed by atoms with van der Waals surface area (Å²) in [5.74, 6) is -0.371. The van der Waals surface area contributed by atoms with Gasteiger partial charge >= 0.3 is 5.69 Å². The number of hydrogen-bond acceptors (Lipinski definition) is 6. The van der Waals surface area contributed by atoms with Crippen LogP contribution >= 0.6 is 0 Å². The molecule has 0 atom stereocenters. The third-order valence-electron chi connectivity index (χ3n) is 7.35. The van der Waals surface area contributed by atoms with E-state index in [0.29, 0.717) is 36.0 Å². The summed E-state index contributed by atoms with van der Waals surface area (Å²) in [6.07, 6.45) is 3.76. The van der Waals surface area contributed by atoms with Crippen LogP contribution in [0.4, 0.5) is 10.1 Å². The summed E-state index contributed by atoms with van der Waals surface area (Å²) in [5.41, 5.74) is 1.27. The summed E-state index contributed by atoms with van der Waals surface area (Å²) in [4.78, 5) is 52.5. The summed E-state index contributed by atoms with van der Waals surface area (Å²) in [5, 5.41) is 9.92. The summed E-state index contributed by atoms with van der Waals surface area (Å²) in [6, 6.07) is 16.4. The van der Waals surface area contributed by atoms with Gasteiger partial charge in [-0.25, -0.2) is 19.2 Å². The molecule has 5 aromatic rings. The van der Waals surface area contributed by atoms with E-state index in [-0.39, 0.29) is 29.1 Å². The monoisotopic (exact) mass is 554 g/mol. The molecule has 2 N–H and O–H groups in total. The molecule has 3 heterocycles. The Balaban J connectivity index is 1.30. The van der Waals surface area contributed by atoms with Crippen LogP contribution in [0.25, 0.3) is 11.2 Å². The molecule has 1 saturated carbocycles. The van der Waals surface area contributed by atoms with Crippen molar-refractivity contribution in [2.45, 2.75) is 32.4 Å². The zero-order valence-corrected chi connectivity index (χ0v) is 22.2. The quantitative estimate of drug-likeness (QED) is 0.303. The maximum Gasteiger partial charge on any atom is 0.333 e. The number of imidazole rings is 1. The van der Waals surface area contributed by atoms with Crippen molar-refractivity contribution in [3.8, 4) is 5.88 Å². The topological polar surface area (TPSA) is 126 Å². The molecular formula is C30H27FN6O4. The fourth-order valence-electron chi connectivity index (χ4n) is 4.85. The molecule has 0 aliphatic heterocycles. The lowest BCUT2D eigenvalue weighted by molar-refractivity contribution is 0.0989. The smallest absolute Gasteiger partial charge is 0.333 e. The van der Waals surface area contributed by atoms with Crippen LogP contribution in [0.15, 0.2) is 76.4 Å². The van der Waals surface area contributed by atoms with Crippen LogP contribution < -0.4 is 16.1 Å². The summed E-state index contributed by atoms with van der Waals surface area (Å²) in [7, 11) is 1.61. The van der Waals surface area contributed by atoms with Crippen LogP contribution in [-0.2, 0) is 19.5 Å². The number of amides is 1. The first kappa shape index (κ1) is 26.2. The lowest BCUT2D eigenvalue weighted by Gasteiger charge is -2.18. The third kappa shape index (κ3) is 5.13. The van der Waals surface area contributed by atoms with Crippen molar-refractivity contribution in [2.24, 2.45) is 5.92 Å². The van der Waals surface area contributed by atoms with E-state index in [0.717, 1.165) is 23.0 Å². The van der Waals surface area contributed by atoms with Gasteiger partial charge in [-0.15, -0.1) is 0 Å². The average Bonchev–Trinajstić information content (AvgIpc) is 3.71. The van der Waals surface area contributed by atoms with Crippen molar-refractivity contribution in [3.63, 3.8) is 0 Å². The Morgan fingerprint density at radius 3 is 2.54 bits per heavy atom. The van der Waals surface area contributed by atoms with Crippen LogP contribution in [0.1, 0.15) is 40.2 Å². The van der Waals surface area contributed by atoms with Gasteiger partial charge in [-0.3, -0.25) is 18.7 Å². The van der Waals surface area contributed by atoms with E-state index in [9.17, 15) is 23.9 Å². The molecule has 10 nitrogen and oxygen atoms in total. The number of benzene rings is 2. The molecule has 0 radical (unpaired) electrons. The second kappa shape index (κ2) is 10.5. The molecule has 3 aromatic heterocycles. The average molecular weight is 555 g/mol. The van der Waals surface area contributed by atoms with E-state index < -0.39 is 23.0 Å². The minimum absolute atomic E-state index is 0.0965. The molecular weight excluding hydrogens is 527 g/mol. The largest absolute Gasteiger partial charge is 0.493 e. The number of carbonyl (C=O) groups excluding carboxylic acids is 1. The number of halogens is 1. The molecule has 1 aliphatic carbocycles. The Kier molecular flexibility index (Phi) is 6.70. The third-order valence-corrected chi connectivity index (χ3v) is 7.35. The highest BCUT2D eigenvalue weighted by Gasteiger charge is 2.26. The molecule has 6 rings (SSSR count). The van der Waals surface area contributed by atoms with Crippen molar-refractivity contribution >= 4 is 22.8 Å². The SMILES string of the molecule is CN(C(=O)c1cccnc1O)c1ccc(Cc2nc3c([nH]2)c(=O)n(Cc2ccccc2F)c(=O)n3CC2CC2)cc1. The number of aromatic amines is 1. The molecule has 1 aliphatic rings. The van der Waals surface area contributed by atoms with Gasteiger partial charge in [0.05, 0.1) is 6.54 Å². The van der Waals surface area contributed by atoms with E-state index in [4.69, 9.17) is 0 Å². The number of rotatable bonds is 8. The molecule has 0 spiro atoms. The van der Waals surface area contributed by atoms with Gasteiger partial charge in [-0.05, 0) is 54.7 Å². The molecule has 1 amide bonds. The van der Waals surface area contributed by atoms with E-state index in [1.807, 2.05) is 12.1 Å². The van der Waals surface area contributed by atoms with Gasteiger partial charge in [0.2, 0.25) is 5.88 Å². The Bertz CT molecular complexity index is 1890. The summed E-state index contributed by atoms with van der Waals surface area (Å²) in [6.45, 7) is 0.266. The van der Waals surface area contributed by atoms with Crippen LogP contribution in [0, 0.1) is 11.7 Å². The maximum atomic E-state index is 14.4. The number of nitrogens with zero attached hydrogens (tertiary/aromatic N) is 5. The van der Waals surface area contributed by atoms with E-state index in [1.54, 1.807) is 43.4 Å². The van der Waals surface area contributed by atoms with Gasteiger partial charge in [0.1, 0.15) is 22.7 Å². The number of fused-ring (bicyclic) bond motifs is 1. The predicted octanol–water partition coefficient (Wildman–Crippen LogP) is 3.45. The highest BCUT2D eigenvalue weighted by atomic mass is 19.1. The Morgan fingerprint density at radius 2 is 1.83 bits per heavy atom. The zero-order valence-electron chi connectivity index (χ0n) is 22.2. The van der Waals surface area contributed by atoms with Gasteiger partial charge in [0.25, 0.3) is 11.5 Å². The lowest BCUT2D eigenvalue weighted by Crippen LogP contribution is -2.40. The number of anilines is 1. The van der Waals surface area contributed by atoms with Gasteiger partial charge < -0.3 is 15.0 Å². The van der Waals surface area contributed by atoms with E-state index in [2.05, 4.69) is 15.0 Å². The van der Waals surface area contributed by atoms with Crippen LogP contribution in [-0.4, -0.2) is 42.1 Å². The molecule has 2 aromatic carbocycles. The fourth-order valence-corrected chi connectivity index (χ4v) is 4.85. The highest BCUT2D eigenvalue weighted by Crippen LogP contribution is 2.30. The normalized spacial score (nSPS) is 13.0. The molecule has 0 saturated heterocycles. The molecule has 1 fully saturated rings. The molecule has 11 heteroatoms. The molecule has 41 heavy (non-hydrogen) atoms. The lowest BCUT2D eigenvalue weighted by atomic mass is 10.1. The first-order chi connectivity index (χ1) is 19.8. The van der Waals surface area contributed by atoms with Gasteiger partial charge in [-0.2, -0.15) is 0 Å². The number of carbonyl (C=O) groups is 1. The minimum Gasteiger partial charge on any atom is -0.493 e. The summed E-state index contributed by atoms with van der Waals surface area (Å²) < 4.78 is 16.9. The second-order valence-corrected chi connectivity index (χ2v) is 10.3. The molecule has 0 bridgehead atoms. The minimum atomic E-state index is -0.548. The van der Waals surface area contributed by atoms with Crippen molar-refractivity contribution in [2.75, 3.05) is 11.9 Å². The number of aromatic nitrogens is 5. The first-order valence-corrected chi connectivity index (χ1v) is 13.3. The van der Waals surface area contributed by atoms with Crippen molar-refractivity contribution < 1.29 is 14.3 Å². The Hall–Kier alpha value is -5.06. The number of nitrogens with one attached hydrogen (secondary N) is 1. The molecule has 208 valence electrons. The standard InChI is InChI=1S/C30H27FN6O4/c1-35(28(39)22-6-4-14-32-27(22)38)21-12-10-18(11-13-21)15-24-33-25-26(34-24)36(16-19-8-9-19)30(41)37(29(25)40)17-20-5-2-3-7-23(20)31/h2-7,10-14,19H,8-9,15-17H2,1H3,(H,32,38)(H,33,34). The fraction of sp³-hybridized carbons (Fsp3) is 0.233. The second-order valence-electron chi connectivity index (χ2n) is 10.3. The number of H-pyrrole nitrogens is 1. The Labute approximate surface area is 233 Å².